The third-order valence-corrected chi connectivity index (χ3v) is 7.68. The maximum absolute atomic E-state index is 14.5. The third kappa shape index (κ3) is 5.36. The number of nitrogens with one attached hydrogen (secondary N) is 2. The van der Waals surface area contributed by atoms with Gasteiger partial charge in [-0.15, -0.1) is 0 Å². The second-order valence-corrected chi connectivity index (χ2v) is 10.3. The Morgan fingerprint density at radius 2 is 1.55 bits per heavy atom. The van der Waals surface area contributed by atoms with Gasteiger partial charge in [-0.25, -0.2) is 0 Å². The summed E-state index contributed by atoms with van der Waals surface area (Å²) < 4.78 is 124. The summed E-state index contributed by atoms with van der Waals surface area (Å²) in [7, 11) is 0. The van der Waals surface area contributed by atoms with Crippen molar-refractivity contribution >= 4 is 39.1 Å². The van der Waals surface area contributed by atoms with E-state index in [1.54, 1.807) is 0 Å². The first-order valence-corrected chi connectivity index (χ1v) is 12.2. The van der Waals surface area contributed by atoms with Gasteiger partial charge in [0.15, 0.2) is 0 Å². The Balaban J connectivity index is 1.79. The first-order valence-electron chi connectivity index (χ1n) is 11.0. The quantitative estimate of drug-likeness (QED) is 0.334. The molecule has 0 radical (unpaired) electrons. The SMILES string of the molecule is O=C(NCc1ccc(C2=C(Cl)C(c3cc(C(F)(F)F)cc(C(F)(F)F)c3)(C(F)(F)F)CN2)cc1Br)C1CC1. The van der Waals surface area contributed by atoms with E-state index in [1.807, 2.05) is 0 Å². The number of carbonyl (C=O) groups is 1. The van der Waals surface area contributed by atoms with Crippen LogP contribution >= 0.6 is 27.5 Å². The highest BCUT2D eigenvalue weighted by molar-refractivity contribution is 9.10. The zero-order valence-corrected chi connectivity index (χ0v) is 21.3. The predicted molar refractivity (Wildman–Crippen MR) is 124 cm³/mol. The van der Waals surface area contributed by atoms with Crippen LogP contribution in [-0.2, 0) is 29.1 Å². The molecule has 38 heavy (non-hydrogen) atoms. The van der Waals surface area contributed by atoms with E-state index in [0.29, 0.717) is 10.0 Å². The largest absolute Gasteiger partial charge is 0.416 e. The normalized spacial score (nSPS) is 20.5. The highest BCUT2D eigenvalue weighted by atomic mass is 79.9. The zero-order valence-electron chi connectivity index (χ0n) is 18.9. The van der Waals surface area contributed by atoms with Crippen molar-refractivity contribution in [2.45, 2.75) is 43.3 Å². The number of carbonyl (C=O) groups excluding carboxylic acids is 1. The number of hydrogen-bond donors (Lipinski definition) is 2. The van der Waals surface area contributed by atoms with Gasteiger partial charge < -0.3 is 10.6 Å². The molecule has 0 bridgehead atoms. The number of rotatable bonds is 5. The number of amides is 1. The number of alkyl halides is 9. The van der Waals surface area contributed by atoms with E-state index in [1.165, 1.54) is 18.2 Å². The molecule has 2 aromatic rings. The highest BCUT2D eigenvalue weighted by Gasteiger charge is 2.62. The minimum absolute atomic E-state index is 0.0381. The lowest BCUT2D eigenvalue weighted by Gasteiger charge is -2.33. The van der Waals surface area contributed by atoms with Crippen LogP contribution in [0.3, 0.4) is 0 Å². The standard InChI is InChI=1S/C24H17BrClF9N2O/c25-17-5-12(3-4-13(17)9-36-20(38)11-1-2-11)18-19(26)21(10-37-18,24(33,34)35)14-6-15(22(27,28)29)8-16(7-14)23(30,31)32/h3-8,11,37H,1-2,9-10H2,(H,36,38). The van der Waals surface area contributed by atoms with Crippen molar-refractivity contribution in [3.05, 3.63) is 73.7 Å². The molecule has 2 aliphatic rings. The molecule has 2 N–H and O–H groups in total. The molecule has 1 fully saturated rings. The Hall–Kier alpha value is -2.41. The van der Waals surface area contributed by atoms with Gasteiger partial charge in [0, 0.05) is 23.5 Å². The van der Waals surface area contributed by atoms with Crippen LogP contribution in [0, 0.1) is 5.92 Å². The molecule has 14 heteroatoms. The molecule has 1 atom stereocenters. The van der Waals surface area contributed by atoms with E-state index in [-0.39, 0.29) is 47.8 Å². The Labute approximate surface area is 223 Å². The molecule has 0 spiro atoms. The van der Waals surface area contributed by atoms with Gasteiger partial charge in [-0.05, 0) is 53.8 Å². The van der Waals surface area contributed by atoms with E-state index in [4.69, 9.17) is 11.6 Å². The summed E-state index contributed by atoms with van der Waals surface area (Å²) in [6, 6.07) is 4.11. The molecule has 0 saturated heterocycles. The molecular formula is C24H17BrClF9N2O. The second kappa shape index (κ2) is 9.65. The van der Waals surface area contributed by atoms with Crippen LogP contribution in [0.1, 0.15) is 40.7 Å². The Bertz CT molecular complexity index is 1270. The number of hydrogen-bond acceptors (Lipinski definition) is 2. The molecule has 4 rings (SSSR count). The van der Waals surface area contributed by atoms with Crippen LogP contribution in [-0.4, -0.2) is 18.6 Å². The molecule has 1 amide bonds. The summed E-state index contributed by atoms with van der Waals surface area (Å²) in [5, 5.41) is 4.16. The summed E-state index contributed by atoms with van der Waals surface area (Å²) in [4.78, 5) is 11.9. The molecule has 0 aromatic heterocycles. The molecule has 1 unspecified atom stereocenters. The van der Waals surface area contributed by atoms with Crippen molar-refractivity contribution in [3.63, 3.8) is 0 Å². The monoisotopic (exact) mass is 634 g/mol. The van der Waals surface area contributed by atoms with Crippen molar-refractivity contribution < 1.29 is 44.3 Å². The molecule has 3 nitrogen and oxygen atoms in total. The van der Waals surface area contributed by atoms with Gasteiger partial charge in [-0.3, -0.25) is 4.79 Å². The van der Waals surface area contributed by atoms with Crippen molar-refractivity contribution in [1.29, 1.82) is 0 Å². The zero-order chi connectivity index (χ0) is 28.3. The van der Waals surface area contributed by atoms with Gasteiger partial charge in [-0.1, -0.05) is 39.7 Å². The lowest BCUT2D eigenvalue weighted by Crippen LogP contribution is -2.46. The lowest BCUT2D eigenvalue weighted by atomic mass is 9.78. The molecule has 1 saturated carbocycles. The molecule has 1 heterocycles. The van der Waals surface area contributed by atoms with Crippen LogP contribution < -0.4 is 10.6 Å². The fraction of sp³-hybridized carbons (Fsp3) is 0.375. The topological polar surface area (TPSA) is 41.1 Å². The summed E-state index contributed by atoms with van der Waals surface area (Å²) in [6.07, 6.45) is -14.5. The average Bonchev–Trinajstić information content (AvgIpc) is 3.58. The first kappa shape index (κ1) is 28.6. The molecular weight excluding hydrogens is 619 g/mol. The Kier molecular flexibility index (Phi) is 7.26. The van der Waals surface area contributed by atoms with Crippen molar-refractivity contribution in [2.24, 2.45) is 5.92 Å². The number of benzene rings is 2. The summed E-state index contributed by atoms with van der Waals surface area (Å²) >= 11 is 9.46. The van der Waals surface area contributed by atoms with Crippen LogP contribution in [0.15, 0.2) is 45.9 Å². The molecule has 1 aliphatic carbocycles. The maximum Gasteiger partial charge on any atom is 0.416 e. The fourth-order valence-electron chi connectivity index (χ4n) is 4.16. The van der Waals surface area contributed by atoms with Crippen LogP contribution in [0.25, 0.3) is 5.70 Å². The van der Waals surface area contributed by atoms with Gasteiger partial charge >= 0.3 is 18.5 Å². The van der Waals surface area contributed by atoms with Crippen LogP contribution in [0.4, 0.5) is 39.5 Å². The summed E-state index contributed by atoms with van der Waals surface area (Å²) in [5.74, 6) is -0.164. The Morgan fingerprint density at radius 3 is 2.03 bits per heavy atom. The lowest BCUT2D eigenvalue weighted by molar-refractivity contribution is -0.174. The Morgan fingerprint density at radius 1 is 0.974 bits per heavy atom. The number of halogens is 11. The maximum atomic E-state index is 14.5. The van der Waals surface area contributed by atoms with Gasteiger partial charge in [0.2, 0.25) is 5.91 Å². The van der Waals surface area contributed by atoms with E-state index < -0.39 is 52.2 Å². The molecule has 2 aromatic carbocycles. The van der Waals surface area contributed by atoms with E-state index in [9.17, 15) is 44.3 Å². The first-order chi connectivity index (χ1) is 17.4. The minimum Gasteiger partial charge on any atom is -0.382 e. The third-order valence-electron chi connectivity index (χ3n) is 6.43. The van der Waals surface area contributed by atoms with Gasteiger partial charge in [0.25, 0.3) is 0 Å². The predicted octanol–water partition coefficient (Wildman–Crippen LogP) is 7.52. The smallest absolute Gasteiger partial charge is 0.382 e. The van der Waals surface area contributed by atoms with Crippen molar-refractivity contribution in [1.82, 2.24) is 10.6 Å². The minimum atomic E-state index is -5.36. The summed E-state index contributed by atoms with van der Waals surface area (Å²) in [6.45, 7) is -0.993. The molecule has 1 aliphatic heterocycles. The second-order valence-electron chi connectivity index (χ2n) is 9.04. The highest BCUT2D eigenvalue weighted by Crippen LogP contribution is 2.54. The molecule has 206 valence electrons. The van der Waals surface area contributed by atoms with Gasteiger partial charge in [0.05, 0.1) is 21.9 Å². The van der Waals surface area contributed by atoms with Crippen LogP contribution in [0.5, 0.6) is 0 Å². The van der Waals surface area contributed by atoms with Gasteiger partial charge in [-0.2, -0.15) is 39.5 Å². The van der Waals surface area contributed by atoms with E-state index in [2.05, 4.69) is 26.6 Å². The van der Waals surface area contributed by atoms with Gasteiger partial charge in [0.1, 0.15) is 5.41 Å². The van der Waals surface area contributed by atoms with E-state index >= 15 is 0 Å². The summed E-state index contributed by atoms with van der Waals surface area (Å²) in [5.41, 5.74) is -8.05. The van der Waals surface area contributed by atoms with Crippen molar-refractivity contribution in [2.75, 3.05) is 6.54 Å². The fourth-order valence-corrected chi connectivity index (χ4v) is 5.13. The van der Waals surface area contributed by atoms with Crippen molar-refractivity contribution in [3.8, 4) is 0 Å². The van der Waals surface area contributed by atoms with Crippen LogP contribution in [0.2, 0.25) is 0 Å². The van der Waals surface area contributed by atoms with E-state index in [0.717, 1.165) is 12.8 Å². The average molecular weight is 636 g/mol.